The smallest absolute Gasteiger partial charge is 0.195 e. The van der Waals surface area contributed by atoms with Gasteiger partial charge in [-0.1, -0.05) is 82.3 Å². The van der Waals surface area contributed by atoms with E-state index in [1.54, 1.807) is 18.3 Å². The highest BCUT2D eigenvalue weighted by atomic mass is 16.3. The van der Waals surface area contributed by atoms with Crippen molar-refractivity contribution in [2.75, 3.05) is 5.32 Å². The van der Waals surface area contributed by atoms with Gasteiger partial charge in [-0.05, 0) is 47.1 Å². The Morgan fingerprint density at radius 1 is 0.853 bits per heavy atom. The van der Waals surface area contributed by atoms with E-state index < -0.39 is 17.6 Å². The summed E-state index contributed by atoms with van der Waals surface area (Å²) in [6, 6.07) is 18.0. The molecular formula is C29H32N2O3. The third-order valence-corrected chi connectivity index (χ3v) is 5.90. The topological polar surface area (TPSA) is 79.3 Å². The largest absolute Gasteiger partial charge is 0.504 e. The molecule has 3 aromatic rings. The van der Waals surface area contributed by atoms with E-state index >= 15 is 0 Å². The molecule has 1 heterocycles. The summed E-state index contributed by atoms with van der Waals surface area (Å²) in [7, 11) is 0. The molecule has 0 radical (unpaired) electrons. The van der Waals surface area contributed by atoms with Gasteiger partial charge in [-0.15, -0.1) is 0 Å². The second-order valence-electron chi connectivity index (χ2n) is 9.14. The van der Waals surface area contributed by atoms with Crippen LogP contribution in [0, 0.1) is 6.92 Å². The number of carbonyl (C=O) groups is 2. The molecule has 176 valence electrons. The maximum Gasteiger partial charge on any atom is 0.195 e. The molecule has 5 nitrogen and oxygen atoms in total. The number of hydrogen-bond donors (Lipinski definition) is 2. The van der Waals surface area contributed by atoms with Gasteiger partial charge in [0, 0.05) is 11.8 Å². The van der Waals surface area contributed by atoms with Crippen LogP contribution in [0.25, 0.3) is 0 Å². The van der Waals surface area contributed by atoms with Gasteiger partial charge in [0.2, 0.25) is 0 Å². The van der Waals surface area contributed by atoms with Crippen molar-refractivity contribution in [1.82, 2.24) is 4.98 Å². The summed E-state index contributed by atoms with van der Waals surface area (Å²) in [6.45, 7) is 10.3. The fraction of sp³-hybridized carbons (Fsp3) is 0.276. The maximum absolute atomic E-state index is 13.6. The lowest BCUT2D eigenvalue weighted by Gasteiger charge is -2.23. The number of Topliss-reactive ketones (excluding diaryl/α,β-unsaturated/α-hetero) is 1. The van der Waals surface area contributed by atoms with Crippen LogP contribution in [-0.4, -0.2) is 22.2 Å². The Morgan fingerprint density at radius 2 is 1.38 bits per heavy atom. The van der Waals surface area contributed by atoms with Gasteiger partial charge in [-0.2, -0.15) is 0 Å². The van der Waals surface area contributed by atoms with Crippen molar-refractivity contribution in [3.63, 3.8) is 0 Å². The van der Waals surface area contributed by atoms with Gasteiger partial charge in [0.05, 0.1) is 11.6 Å². The number of allylic oxidation sites excluding steroid dienone is 1. The van der Waals surface area contributed by atoms with E-state index in [4.69, 9.17) is 0 Å². The van der Waals surface area contributed by atoms with Crippen LogP contribution >= 0.6 is 0 Å². The fourth-order valence-corrected chi connectivity index (χ4v) is 3.73. The fourth-order valence-electron chi connectivity index (χ4n) is 3.73. The van der Waals surface area contributed by atoms with Crippen LogP contribution in [0.1, 0.15) is 78.2 Å². The number of nitrogens with one attached hydrogen (secondary N) is 1. The van der Waals surface area contributed by atoms with Crippen LogP contribution in [0.3, 0.4) is 0 Å². The van der Waals surface area contributed by atoms with E-state index in [2.05, 4.69) is 38.0 Å². The lowest BCUT2D eigenvalue weighted by molar-refractivity contribution is -0.107. The molecule has 1 unspecified atom stereocenters. The number of carbonyl (C=O) groups excluding carboxylic acids is 2. The summed E-state index contributed by atoms with van der Waals surface area (Å²) >= 11 is 0. The number of pyridine rings is 1. The minimum absolute atomic E-state index is 0.0213. The van der Waals surface area contributed by atoms with Gasteiger partial charge in [-0.3, -0.25) is 9.59 Å². The number of aryl methyl sites for hydroxylation is 1. The van der Waals surface area contributed by atoms with Crippen LogP contribution in [-0.2, 0) is 4.79 Å². The molecule has 1 atom stereocenters. The van der Waals surface area contributed by atoms with Gasteiger partial charge < -0.3 is 10.4 Å². The summed E-state index contributed by atoms with van der Waals surface area (Å²) in [4.78, 5) is 29.7. The highest BCUT2D eigenvalue weighted by Crippen LogP contribution is 2.31. The van der Waals surface area contributed by atoms with Gasteiger partial charge in [0.1, 0.15) is 5.82 Å². The average molecular weight is 457 g/mol. The third kappa shape index (κ3) is 5.79. The first kappa shape index (κ1) is 24.9. The summed E-state index contributed by atoms with van der Waals surface area (Å²) < 4.78 is 0. The Bertz CT molecular complexity index is 1160. The van der Waals surface area contributed by atoms with E-state index in [0.29, 0.717) is 29.5 Å². The standard InChI is InChI=1S/C29H32N2O3/c1-18(2)21-7-11-23(12-8-21)28(31-26-15-6-20(5)16-30-26)27(25(33)17-32)29(34)24-13-9-22(10-14-24)19(3)4/h6-19,28,33H,1-5H3,(H,30,31)/b27-25-. The lowest BCUT2D eigenvalue weighted by atomic mass is 9.89. The van der Waals surface area contributed by atoms with E-state index in [-0.39, 0.29) is 5.57 Å². The second kappa shape index (κ2) is 10.9. The number of ketones is 1. The molecule has 0 aliphatic carbocycles. The first-order chi connectivity index (χ1) is 16.2. The first-order valence-corrected chi connectivity index (χ1v) is 11.5. The van der Waals surface area contributed by atoms with Gasteiger partial charge in [-0.25, -0.2) is 4.98 Å². The lowest BCUT2D eigenvalue weighted by Crippen LogP contribution is -2.22. The van der Waals surface area contributed by atoms with Crippen molar-refractivity contribution < 1.29 is 14.7 Å². The van der Waals surface area contributed by atoms with Gasteiger partial charge in [0.25, 0.3) is 0 Å². The molecule has 0 amide bonds. The Kier molecular flexibility index (Phi) is 8.00. The molecule has 2 aromatic carbocycles. The van der Waals surface area contributed by atoms with Crippen molar-refractivity contribution in [1.29, 1.82) is 0 Å². The minimum Gasteiger partial charge on any atom is -0.504 e. The number of aromatic nitrogens is 1. The monoisotopic (exact) mass is 456 g/mol. The number of anilines is 1. The molecule has 2 N–H and O–H groups in total. The first-order valence-electron chi connectivity index (χ1n) is 11.5. The molecule has 3 rings (SSSR count). The Labute approximate surface area is 201 Å². The summed E-state index contributed by atoms with van der Waals surface area (Å²) in [5.74, 6) is 0.179. The summed E-state index contributed by atoms with van der Waals surface area (Å²) in [5, 5.41) is 13.9. The predicted octanol–water partition coefficient (Wildman–Crippen LogP) is 6.68. The van der Waals surface area contributed by atoms with Crippen molar-refractivity contribution in [3.05, 3.63) is 106 Å². The van der Waals surface area contributed by atoms with Gasteiger partial charge >= 0.3 is 0 Å². The minimum atomic E-state index is -0.779. The zero-order chi connectivity index (χ0) is 24.8. The van der Waals surface area contributed by atoms with Crippen LogP contribution in [0.15, 0.2) is 78.2 Å². The number of hydrogen-bond acceptors (Lipinski definition) is 5. The maximum atomic E-state index is 13.6. The van der Waals surface area contributed by atoms with Crippen molar-refractivity contribution >= 4 is 17.9 Å². The van der Waals surface area contributed by atoms with Crippen molar-refractivity contribution in [2.24, 2.45) is 0 Å². The average Bonchev–Trinajstić information content (AvgIpc) is 2.84. The molecule has 0 saturated heterocycles. The van der Waals surface area contributed by atoms with Crippen LogP contribution in [0.2, 0.25) is 0 Å². The Balaban J connectivity index is 2.10. The second-order valence-corrected chi connectivity index (χ2v) is 9.14. The molecule has 5 heteroatoms. The zero-order valence-electron chi connectivity index (χ0n) is 20.4. The SMILES string of the molecule is Cc1ccc(NC(/C(C(=O)c2ccc(C(C)C)cc2)=C(/O)C=O)c2ccc(C(C)C)cc2)nc1. The highest BCUT2D eigenvalue weighted by Gasteiger charge is 2.28. The molecular weight excluding hydrogens is 424 g/mol. The number of aliphatic hydroxyl groups is 1. The highest BCUT2D eigenvalue weighted by molar-refractivity contribution is 6.12. The van der Waals surface area contributed by atoms with Crippen molar-refractivity contribution in [2.45, 2.75) is 52.5 Å². The molecule has 1 aromatic heterocycles. The normalized spacial score (nSPS) is 12.9. The number of aliphatic hydroxyl groups excluding tert-OH is 1. The van der Waals surface area contributed by atoms with Gasteiger partial charge in [0.15, 0.2) is 17.8 Å². The van der Waals surface area contributed by atoms with Crippen LogP contribution in [0.5, 0.6) is 0 Å². The zero-order valence-corrected chi connectivity index (χ0v) is 20.4. The third-order valence-electron chi connectivity index (χ3n) is 5.90. The van der Waals surface area contributed by atoms with Crippen LogP contribution < -0.4 is 5.32 Å². The quantitative estimate of drug-likeness (QED) is 0.162. The molecule has 0 aliphatic heterocycles. The van der Waals surface area contributed by atoms with E-state index in [1.807, 2.05) is 55.5 Å². The molecule has 0 fully saturated rings. The van der Waals surface area contributed by atoms with E-state index in [0.717, 1.165) is 22.3 Å². The molecule has 34 heavy (non-hydrogen) atoms. The summed E-state index contributed by atoms with van der Waals surface area (Å²) in [5.41, 5.74) is 4.36. The van der Waals surface area contributed by atoms with Crippen LogP contribution in [0.4, 0.5) is 5.82 Å². The molecule has 0 saturated carbocycles. The number of rotatable bonds is 9. The van der Waals surface area contributed by atoms with Crippen molar-refractivity contribution in [3.8, 4) is 0 Å². The predicted molar refractivity (Wildman–Crippen MR) is 136 cm³/mol. The number of benzene rings is 2. The Morgan fingerprint density at radius 3 is 1.85 bits per heavy atom. The van der Waals surface area contributed by atoms with E-state index in [9.17, 15) is 14.7 Å². The molecule has 0 spiro atoms. The Hall–Kier alpha value is -3.73. The molecule has 0 aliphatic rings. The van der Waals surface area contributed by atoms with E-state index in [1.165, 1.54) is 0 Å². The molecule has 0 bridgehead atoms. The summed E-state index contributed by atoms with van der Waals surface area (Å²) in [6.07, 6.45) is 2.03. The number of aldehydes is 1. The number of nitrogens with zero attached hydrogens (tertiary/aromatic N) is 1.